The summed E-state index contributed by atoms with van der Waals surface area (Å²) < 4.78 is 7.29. The summed E-state index contributed by atoms with van der Waals surface area (Å²) in [5.41, 5.74) is 1.69. The van der Waals surface area contributed by atoms with E-state index < -0.39 is 0 Å². The molecule has 1 aromatic heterocycles. The van der Waals surface area contributed by atoms with E-state index in [1.807, 2.05) is 49.0 Å². The van der Waals surface area contributed by atoms with Crippen LogP contribution in [-0.2, 0) is 13.7 Å². The zero-order valence-corrected chi connectivity index (χ0v) is 10.1. The fraction of sp³-hybridized carbons (Fsp3) is 0.308. The van der Waals surface area contributed by atoms with Gasteiger partial charge < -0.3 is 14.4 Å². The molecule has 0 aliphatic carbocycles. The quantitative estimate of drug-likeness (QED) is 0.876. The van der Waals surface area contributed by atoms with Crippen molar-refractivity contribution in [3.8, 4) is 17.1 Å². The van der Waals surface area contributed by atoms with Crippen molar-refractivity contribution in [3.05, 3.63) is 36.2 Å². The Labute approximate surface area is 100 Å². The molecule has 1 aromatic carbocycles. The molecular weight excluding hydrogens is 216 g/mol. The minimum absolute atomic E-state index is 0.0368. The molecule has 0 bridgehead atoms. The minimum Gasteiger partial charge on any atom is -0.494 e. The van der Waals surface area contributed by atoms with Crippen LogP contribution in [0.4, 0.5) is 0 Å². The van der Waals surface area contributed by atoms with Gasteiger partial charge in [0.15, 0.2) is 0 Å². The summed E-state index contributed by atoms with van der Waals surface area (Å²) in [6.45, 7) is 2.58. The number of nitrogens with zero attached hydrogens (tertiary/aromatic N) is 2. The average molecular weight is 232 g/mol. The highest BCUT2D eigenvalue weighted by molar-refractivity contribution is 5.57. The number of rotatable bonds is 4. The first-order valence-electron chi connectivity index (χ1n) is 5.61. The molecule has 0 unspecified atom stereocenters. The van der Waals surface area contributed by atoms with Crippen molar-refractivity contribution in [2.24, 2.45) is 7.05 Å². The third-order valence-electron chi connectivity index (χ3n) is 2.51. The molecule has 0 saturated heterocycles. The number of aryl methyl sites for hydroxylation is 1. The van der Waals surface area contributed by atoms with Crippen molar-refractivity contribution in [2.75, 3.05) is 6.61 Å². The number of ether oxygens (including phenoxy) is 1. The zero-order chi connectivity index (χ0) is 12.3. The molecule has 4 heteroatoms. The van der Waals surface area contributed by atoms with Crippen molar-refractivity contribution in [2.45, 2.75) is 13.5 Å². The minimum atomic E-state index is -0.0368. The maximum absolute atomic E-state index is 9.04. The van der Waals surface area contributed by atoms with Crippen molar-refractivity contribution >= 4 is 0 Å². The second-order valence-corrected chi connectivity index (χ2v) is 3.78. The third-order valence-corrected chi connectivity index (χ3v) is 2.51. The van der Waals surface area contributed by atoms with Crippen LogP contribution in [-0.4, -0.2) is 21.3 Å². The van der Waals surface area contributed by atoms with Crippen LogP contribution in [0.1, 0.15) is 12.6 Å². The Kier molecular flexibility index (Phi) is 3.44. The molecule has 1 N–H and O–H groups in total. The number of imidazole rings is 1. The normalized spacial score (nSPS) is 10.5. The predicted molar refractivity (Wildman–Crippen MR) is 65.7 cm³/mol. The summed E-state index contributed by atoms with van der Waals surface area (Å²) in [6.07, 6.45) is 1.83. The second kappa shape index (κ2) is 5.01. The van der Waals surface area contributed by atoms with E-state index in [0.717, 1.165) is 17.1 Å². The van der Waals surface area contributed by atoms with E-state index in [4.69, 9.17) is 9.84 Å². The molecule has 0 radical (unpaired) electrons. The van der Waals surface area contributed by atoms with Crippen LogP contribution >= 0.6 is 0 Å². The van der Waals surface area contributed by atoms with Gasteiger partial charge in [-0.15, -0.1) is 0 Å². The van der Waals surface area contributed by atoms with E-state index >= 15 is 0 Å². The van der Waals surface area contributed by atoms with Crippen molar-refractivity contribution in [1.82, 2.24) is 9.55 Å². The Balaban J connectivity index is 2.29. The molecule has 2 rings (SSSR count). The van der Waals surface area contributed by atoms with E-state index in [-0.39, 0.29) is 6.61 Å². The average Bonchev–Trinajstić information content (AvgIpc) is 2.72. The zero-order valence-electron chi connectivity index (χ0n) is 10.1. The van der Waals surface area contributed by atoms with Crippen LogP contribution in [0.5, 0.6) is 5.75 Å². The molecule has 1 heterocycles. The standard InChI is InChI=1S/C13H16N2O2/c1-3-17-12-6-4-10(5-7-12)13-14-11(9-16)8-15(13)2/h4-8,16H,3,9H2,1-2H3. The van der Waals surface area contributed by atoms with E-state index in [0.29, 0.717) is 12.3 Å². The highest BCUT2D eigenvalue weighted by Crippen LogP contribution is 2.21. The molecule has 90 valence electrons. The number of aromatic nitrogens is 2. The molecule has 0 fully saturated rings. The first kappa shape index (κ1) is 11.7. The van der Waals surface area contributed by atoms with Gasteiger partial charge in [-0.25, -0.2) is 4.98 Å². The van der Waals surface area contributed by atoms with Gasteiger partial charge in [-0.3, -0.25) is 0 Å². The van der Waals surface area contributed by atoms with Gasteiger partial charge in [0, 0.05) is 18.8 Å². The van der Waals surface area contributed by atoms with Gasteiger partial charge in [-0.2, -0.15) is 0 Å². The molecule has 0 saturated carbocycles. The Hall–Kier alpha value is -1.81. The number of hydrogen-bond donors (Lipinski definition) is 1. The predicted octanol–water partition coefficient (Wildman–Crippen LogP) is 1.98. The molecule has 0 atom stereocenters. The molecule has 0 aliphatic rings. The SMILES string of the molecule is CCOc1ccc(-c2nc(CO)cn2C)cc1. The van der Waals surface area contributed by atoms with Crippen molar-refractivity contribution in [3.63, 3.8) is 0 Å². The van der Waals surface area contributed by atoms with Gasteiger partial charge in [0.1, 0.15) is 11.6 Å². The van der Waals surface area contributed by atoms with Crippen LogP contribution < -0.4 is 4.74 Å². The fourth-order valence-corrected chi connectivity index (χ4v) is 1.74. The molecule has 17 heavy (non-hydrogen) atoms. The molecular formula is C13H16N2O2. The number of aliphatic hydroxyl groups is 1. The largest absolute Gasteiger partial charge is 0.494 e. The molecule has 0 aliphatic heterocycles. The monoisotopic (exact) mass is 232 g/mol. The number of benzene rings is 1. The maximum atomic E-state index is 9.04. The van der Waals surface area contributed by atoms with E-state index in [1.54, 1.807) is 0 Å². The van der Waals surface area contributed by atoms with Crippen LogP contribution in [0.3, 0.4) is 0 Å². The summed E-state index contributed by atoms with van der Waals surface area (Å²) in [4.78, 5) is 4.35. The maximum Gasteiger partial charge on any atom is 0.140 e. The van der Waals surface area contributed by atoms with Crippen LogP contribution in [0.2, 0.25) is 0 Å². The highest BCUT2D eigenvalue weighted by Gasteiger charge is 2.07. The van der Waals surface area contributed by atoms with Crippen LogP contribution in [0, 0.1) is 0 Å². The van der Waals surface area contributed by atoms with Gasteiger partial charge in [0.25, 0.3) is 0 Å². The lowest BCUT2D eigenvalue weighted by molar-refractivity contribution is 0.277. The van der Waals surface area contributed by atoms with E-state index in [1.165, 1.54) is 0 Å². The molecule has 0 spiro atoms. The molecule has 2 aromatic rings. The highest BCUT2D eigenvalue weighted by atomic mass is 16.5. The van der Waals surface area contributed by atoms with Gasteiger partial charge in [-0.1, -0.05) is 0 Å². The number of aliphatic hydroxyl groups excluding tert-OH is 1. The van der Waals surface area contributed by atoms with Gasteiger partial charge in [0.05, 0.1) is 18.9 Å². The summed E-state index contributed by atoms with van der Waals surface area (Å²) in [6, 6.07) is 7.78. The smallest absolute Gasteiger partial charge is 0.140 e. The lowest BCUT2D eigenvalue weighted by Gasteiger charge is -2.04. The molecule has 0 amide bonds. The second-order valence-electron chi connectivity index (χ2n) is 3.78. The fourth-order valence-electron chi connectivity index (χ4n) is 1.74. The third kappa shape index (κ3) is 2.47. The Bertz CT molecular complexity index is 489. The Morgan fingerprint density at radius 2 is 2.00 bits per heavy atom. The Morgan fingerprint density at radius 3 is 2.53 bits per heavy atom. The summed E-state index contributed by atoms with van der Waals surface area (Å²) >= 11 is 0. The number of hydrogen-bond acceptors (Lipinski definition) is 3. The lowest BCUT2D eigenvalue weighted by Crippen LogP contribution is -1.93. The first-order chi connectivity index (χ1) is 8.24. The van der Waals surface area contributed by atoms with E-state index in [9.17, 15) is 0 Å². The first-order valence-corrected chi connectivity index (χ1v) is 5.61. The van der Waals surface area contributed by atoms with Gasteiger partial charge >= 0.3 is 0 Å². The van der Waals surface area contributed by atoms with Crippen LogP contribution in [0.25, 0.3) is 11.4 Å². The summed E-state index contributed by atoms with van der Waals surface area (Å²) in [5.74, 6) is 1.70. The van der Waals surface area contributed by atoms with Crippen molar-refractivity contribution in [1.29, 1.82) is 0 Å². The summed E-state index contributed by atoms with van der Waals surface area (Å²) in [5, 5.41) is 9.04. The van der Waals surface area contributed by atoms with Crippen LogP contribution in [0.15, 0.2) is 30.5 Å². The van der Waals surface area contributed by atoms with Gasteiger partial charge in [0.2, 0.25) is 0 Å². The lowest BCUT2D eigenvalue weighted by atomic mass is 10.2. The van der Waals surface area contributed by atoms with Gasteiger partial charge in [-0.05, 0) is 31.2 Å². The topological polar surface area (TPSA) is 47.3 Å². The molecule has 4 nitrogen and oxygen atoms in total. The van der Waals surface area contributed by atoms with Crippen molar-refractivity contribution < 1.29 is 9.84 Å². The Morgan fingerprint density at radius 1 is 1.29 bits per heavy atom. The summed E-state index contributed by atoms with van der Waals surface area (Å²) in [7, 11) is 1.91. The van der Waals surface area contributed by atoms with E-state index in [2.05, 4.69) is 4.98 Å².